The van der Waals surface area contributed by atoms with Crippen LogP contribution in [0, 0.1) is 13.8 Å². The molecule has 1 atom stereocenters. The van der Waals surface area contributed by atoms with E-state index in [0.717, 1.165) is 21.7 Å². The maximum Gasteiger partial charge on any atom is 0.247 e. The lowest BCUT2D eigenvalue weighted by Crippen LogP contribution is -2.45. The van der Waals surface area contributed by atoms with Gasteiger partial charge in [-0.05, 0) is 62.2 Å². The van der Waals surface area contributed by atoms with Gasteiger partial charge in [0, 0.05) is 5.69 Å². The molecule has 0 aliphatic rings. The maximum absolute atomic E-state index is 12.7. The summed E-state index contributed by atoms with van der Waals surface area (Å²) < 4.78 is 31.0. The second kappa shape index (κ2) is 8.19. The number of hydrogen-bond donors (Lipinski definition) is 1. The van der Waals surface area contributed by atoms with Gasteiger partial charge in [-0.15, -0.1) is 0 Å². The van der Waals surface area contributed by atoms with Crippen LogP contribution in [0.1, 0.15) is 18.1 Å². The number of hydrogen-bond acceptors (Lipinski definition) is 4. The van der Waals surface area contributed by atoms with E-state index < -0.39 is 22.0 Å². The molecule has 0 bridgehead atoms. The fourth-order valence-electron chi connectivity index (χ4n) is 2.88. The number of nitrogens with zero attached hydrogens (tertiary/aromatic N) is 1. The van der Waals surface area contributed by atoms with E-state index in [-0.39, 0.29) is 0 Å². The van der Waals surface area contributed by atoms with Crippen LogP contribution in [0.5, 0.6) is 5.75 Å². The van der Waals surface area contributed by atoms with Crippen molar-refractivity contribution in [2.24, 2.45) is 0 Å². The van der Waals surface area contributed by atoms with Gasteiger partial charge in [0.1, 0.15) is 11.8 Å². The number of amides is 1. The Hall–Kier alpha value is -2.25. The van der Waals surface area contributed by atoms with Gasteiger partial charge in [0.05, 0.1) is 24.1 Å². The predicted octanol–water partition coefficient (Wildman–Crippen LogP) is 3.76. The average molecular weight is 411 g/mol. The largest absolute Gasteiger partial charge is 0.495 e. The fourth-order valence-corrected chi connectivity index (χ4v) is 4.29. The number of sulfonamides is 1. The minimum atomic E-state index is -3.68. The molecule has 0 fully saturated rings. The zero-order chi connectivity index (χ0) is 20.4. The third kappa shape index (κ3) is 5.14. The number of methoxy groups -OCH3 is 1. The molecular weight excluding hydrogens is 388 g/mol. The second-order valence-corrected chi connectivity index (χ2v) is 8.69. The predicted molar refractivity (Wildman–Crippen MR) is 109 cm³/mol. The van der Waals surface area contributed by atoms with Crippen LogP contribution < -0.4 is 14.4 Å². The van der Waals surface area contributed by atoms with Crippen LogP contribution in [-0.2, 0) is 14.8 Å². The van der Waals surface area contributed by atoms with E-state index in [1.807, 2.05) is 19.9 Å². The monoisotopic (exact) mass is 410 g/mol. The van der Waals surface area contributed by atoms with E-state index in [9.17, 15) is 13.2 Å². The van der Waals surface area contributed by atoms with Crippen molar-refractivity contribution in [3.8, 4) is 5.75 Å². The lowest BCUT2D eigenvalue weighted by Gasteiger charge is -2.28. The Morgan fingerprint density at radius 1 is 1.15 bits per heavy atom. The topological polar surface area (TPSA) is 75.7 Å². The molecule has 0 heterocycles. The summed E-state index contributed by atoms with van der Waals surface area (Å²) in [6, 6.07) is 9.27. The van der Waals surface area contributed by atoms with Gasteiger partial charge in [0.2, 0.25) is 15.9 Å². The fraction of sp³-hybridized carbons (Fsp3) is 0.316. The first kappa shape index (κ1) is 21.1. The summed E-state index contributed by atoms with van der Waals surface area (Å²) >= 11 is 6.08. The van der Waals surface area contributed by atoms with Crippen molar-refractivity contribution in [1.29, 1.82) is 0 Å². The van der Waals surface area contributed by atoms with Crippen molar-refractivity contribution < 1.29 is 17.9 Å². The first-order chi connectivity index (χ1) is 12.5. The van der Waals surface area contributed by atoms with Crippen LogP contribution in [0.3, 0.4) is 0 Å². The second-order valence-electron chi connectivity index (χ2n) is 6.42. The number of nitrogens with one attached hydrogen (secondary N) is 1. The highest BCUT2D eigenvalue weighted by atomic mass is 35.5. The smallest absolute Gasteiger partial charge is 0.247 e. The zero-order valence-electron chi connectivity index (χ0n) is 15.9. The number of carbonyl (C=O) groups is 1. The Labute approximate surface area is 165 Å². The van der Waals surface area contributed by atoms with Crippen LogP contribution in [-0.4, -0.2) is 33.7 Å². The molecule has 2 aromatic rings. The number of halogens is 1. The number of ether oxygens (including phenoxy) is 1. The van der Waals surface area contributed by atoms with Gasteiger partial charge in [-0.1, -0.05) is 17.7 Å². The molecule has 0 radical (unpaired) electrons. The van der Waals surface area contributed by atoms with Crippen molar-refractivity contribution in [2.75, 3.05) is 23.0 Å². The third-order valence-corrected chi connectivity index (χ3v) is 5.51. The van der Waals surface area contributed by atoms with Crippen molar-refractivity contribution in [3.63, 3.8) is 0 Å². The summed E-state index contributed by atoms with van der Waals surface area (Å²) in [7, 11) is -2.19. The SMILES string of the molecule is COc1ccc(NC(=O)[C@@H](C)N(c2cc(C)cc(C)c2)S(C)(=O)=O)cc1Cl. The van der Waals surface area contributed by atoms with E-state index in [1.165, 1.54) is 7.11 Å². The molecule has 0 saturated heterocycles. The van der Waals surface area contributed by atoms with Crippen molar-refractivity contribution in [2.45, 2.75) is 26.8 Å². The molecule has 8 heteroatoms. The molecule has 0 aliphatic heterocycles. The minimum absolute atomic E-state index is 0.345. The summed E-state index contributed by atoms with van der Waals surface area (Å²) in [5.41, 5.74) is 2.72. The number of aryl methyl sites for hydroxylation is 2. The normalized spacial score (nSPS) is 12.4. The van der Waals surface area contributed by atoms with Crippen LogP contribution in [0.2, 0.25) is 5.02 Å². The Bertz CT molecular complexity index is 940. The molecule has 1 N–H and O–H groups in total. The highest BCUT2D eigenvalue weighted by molar-refractivity contribution is 7.92. The number of carbonyl (C=O) groups excluding carboxylic acids is 1. The van der Waals surface area contributed by atoms with Crippen LogP contribution in [0.15, 0.2) is 36.4 Å². The van der Waals surface area contributed by atoms with Gasteiger partial charge in [-0.2, -0.15) is 0 Å². The molecule has 146 valence electrons. The van der Waals surface area contributed by atoms with Crippen LogP contribution in [0.4, 0.5) is 11.4 Å². The molecule has 2 rings (SSSR count). The summed E-state index contributed by atoms with van der Waals surface area (Å²) in [6.07, 6.45) is 1.08. The van der Waals surface area contributed by atoms with E-state index in [2.05, 4.69) is 5.32 Å². The van der Waals surface area contributed by atoms with Crippen LogP contribution in [0.25, 0.3) is 0 Å². The number of anilines is 2. The van der Waals surface area contributed by atoms with Gasteiger partial charge in [0.15, 0.2) is 0 Å². The molecule has 6 nitrogen and oxygen atoms in total. The van der Waals surface area contributed by atoms with Crippen molar-refractivity contribution >= 4 is 38.9 Å². The lowest BCUT2D eigenvalue weighted by atomic mass is 10.1. The van der Waals surface area contributed by atoms with Gasteiger partial charge < -0.3 is 10.1 Å². The van der Waals surface area contributed by atoms with E-state index in [1.54, 1.807) is 37.3 Å². The molecule has 0 spiro atoms. The standard InChI is InChI=1S/C19H23ClN2O4S/c1-12-8-13(2)10-16(9-12)22(27(5,24)25)14(3)19(23)21-15-6-7-18(26-4)17(20)11-15/h6-11,14H,1-5H3,(H,21,23)/t14-/m1/s1. The van der Waals surface area contributed by atoms with Crippen LogP contribution >= 0.6 is 11.6 Å². The lowest BCUT2D eigenvalue weighted by molar-refractivity contribution is -0.116. The molecule has 1 amide bonds. The molecule has 0 aromatic heterocycles. The Kier molecular flexibility index (Phi) is 6.38. The van der Waals surface area contributed by atoms with Crippen molar-refractivity contribution in [1.82, 2.24) is 0 Å². The molecule has 0 aliphatic carbocycles. The summed E-state index contributed by atoms with van der Waals surface area (Å²) in [5, 5.41) is 3.04. The van der Waals surface area contributed by atoms with E-state index >= 15 is 0 Å². The van der Waals surface area contributed by atoms with Gasteiger partial charge in [-0.25, -0.2) is 8.42 Å². The third-order valence-electron chi connectivity index (χ3n) is 3.97. The summed E-state index contributed by atoms with van der Waals surface area (Å²) in [6.45, 7) is 5.29. The van der Waals surface area contributed by atoms with Gasteiger partial charge >= 0.3 is 0 Å². The highest BCUT2D eigenvalue weighted by Crippen LogP contribution is 2.28. The molecule has 0 saturated carbocycles. The Balaban J connectivity index is 2.33. The number of benzene rings is 2. The first-order valence-corrected chi connectivity index (χ1v) is 10.5. The molecule has 0 unspecified atom stereocenters. The molecule has 2 aromatic carbocycles. The van der Waals surface area contributed by atoms with E-state index in [0.29, 0.717) is 22.1 Å². The van der Waals surface area contributed by atoms with E-state index in [4.69, 9.17) is 16.3 Å². The molecular formula is C19H23ClN2O4S. The average Bonchev–Trinajstić information content (AvgIpc) is 2.52. The Morgan fingerprint density at radius 3 is 2.22 bits per heavy atom. The molecule has 27 heavy (non-hydrogen) atoms. The Morgan fingerprint density at radius 2 is 1.74 bits per heavy atom. The van der Waals surface area contributed by atoms with Crippen molar-refractivity contribution in [3.05, 3.63) is 52.5 Å². The zero-order valence-corrected chi connectivity index (χ0v) is 17.5. The maximum atomic E-state index is 12.7. The number of rotatable bonds is 6. The summed E-state index contributed by atoms with van der Waals surface area (Å²) in [4.78, 5) is 12.7. The van der Waals surface area contributed by atoms with Gasteiger partial charge in [0.25, 0.3) is 0 Å². The minimum Gasteiger partial charge on any atom is -0.495 e. The summed E-state index contributed by atoms with van der Waals surface area (Å²) in [5.74, 6) is 0.0107. The van der Waals surface area contributed by atoms with Gasteiger partial charge in [-0.3, -0.25) is 9.10 Å². The quantitative estimate of drug-likeness (QED) is 0.786. The highest BCUT2D eigenvalue weighted by Gasteiger charge is 2.29. The first-order valence-electron chi connectivity index (χ1n) is 8.25.